The summed E-state index contributed by atoms with van der Waals surface area (Å²) in [5.74, 6) is -0.505. The van der Waals surface area contributed by atoms with Gasteiger partial charge in [0.05, 0.1) is 19.8 Å². The van der Waals surface area contributed by atoms with Crippen LogP contribution in [0.1, 0.15) is 18.9 Å². The van der Waals surface area contributed by atoms with Crippen LogP contribution in [0.5, 0.6) is 0 Å². The standard InChI is InChI=1S/C12H18BFO4/c1-2-5-17-6-7-18-9-10-3-4-11(13(15)16)8-12(10)14/h3-4,8,15-16H,2,5-7,9H2,1H3. The van der Waals surface area contributed by atoms with Gasteiger partial charge in [0.1, 0.15) is 5.82 Å². The van der Waals surface area contributed by atoms with Crippen molar-refractivity contribution >= 4 is 12.6 Å². The summed E-state index contributed by atoms with van der Waals surface area (Å²) < 4.78 is 24.0. The Hall–Kier alpha value is -0.945. The molecule has 100 valence electrons. The quantitative estimate of drug-likeness (QED) is 0.523. The van der Waals surface area contributed by atoms with Gasteiger partial charge in [-0.15, -0.1) is 0 Å². The Bertz CT molecular complexity index is 360. The Kier molecular flexibility index (Phi) is 6.89. The van der Waals surface area contributed by atoms with E-state index in [-0.39, 0.29) is 12.1 Å². The summed E-state index contributed by atoms with van der Waals surface area (Å²) in [7, 11) is -1.66. The molecular weight excluding hydrogens is 238 g/mol. The van der Waals surface area contributed by atoms with Crippen molar-refractivity contribution in [1.82, 2.24) is 0 Å². The van der Waals surface area contributed by atoms with Crippen molar-refractivity contribution in [2.75, 3.05) is 19.8 Å². The molecule has 1 aromatic rings. The molecule has 0 amide bonds. The summed E-state index contributed by atoms with van der Waals surface area (Å²) in [5.41, 5.74) is 0.512. The maximum absolute atomic E-state index is 13.5. The van der Waals surface area contributed by atoms with Crippen molar-refractivity contribution in [3.8, 4) is 0 Å². The van der Waals surface area contributed by atoms with Gasteiger partial charge in [-0.2, -0.15) is 0 Å². The number of halogens is 1. The smallest absolute Gasteiger partial charge is 0.423 e. The lowest BCUT2D eigenvalue weighted by Crippen LogP contribution is -2.30. The molecule has 0 spiro atoms. The molecular formula is C12H18BFO4. The van der Waals surface area contributed by atoms with Gasteiger partial charge >= 0.3 is 7.12 Å². The minimum Gasteiger partial charge on any atom is -0.423 e. The first-order chi connectivity index (χ1) is 8.65. The zero-order chi connectivity index (χ0) is 13.4. The number of hydrogen-bond acceptors (Lipinski definition) is 4. The highest BCUT2D eigenvalue weighted by molar-refractivity contribution is 6.58. The normalized spacial score (nSPS) is 10.7. The van der Waals surface area contributed by atoms with Gasteiger partial charge in [0.15, 0.2) is 0 Å². The predicted octanol–water partition coefficient (Wildman–Crippen LogP) is 0.449. The van der Waals surface area contributed by atoms with Crippen molar-refractivity contribution in [3.63, 3.8) is 0 Å². The molecule has 0 aliphatic carbocycles. The van der Waals surface area contributed by atoms with Crippen LogP contribution in [0.2, 0.25) is 0 Å². The Morgan fingerprint density at radius 3 is 2.50 bits per heavy atom. The molecule has 0 aromatic heterocycles. The van der Waals surface area contributed by atoms with Gasteiger partial charge in [-0.25, -0.2) is 4.39 Å². The van der Waals surface area contributed by atoms with Crippen molar-refractivity contribution in [3.05, 3.63) is 29.6 Å². The van der Waals surface area contributed by atoms with Crippen molar-refractivity contribution < 1.29 is 23.9 Å². The molecule has 6 heteroatoms. The third-order valence-corrected chi connectivity index (χ3v) is 2.35. The predicted molar refractivity (Wildman–Crippen MR) is 67.0 cm³/mol. The second-order valence-electron chi connectivity index (χ2n) is 3.89. The Balaban J connectivity index is 2.34. The molecule has 0 radical (unpaired) electrons. The van der Waals surface area contributed by atoms with Gasteiger partial charge in [-0.1, -0.05) is 19.1 Å². The average molecular weight is 256 g/mol. The lowest BCUT2D eigenvalue weighted by molar-refractivity contribution is 0.0399. The summed E-state index contributed by atoms with van der Waals surface area (Å²) in [6, 6.07) is 4.04. The lowest BCUT2D eigenvalue weighted by Gasteiger charge is -2.07. The van der Waals surface area contributed by atoms with E-state index in [1.165, 1.54) is 12.1 Å². The molecule has 4 nitrogen and oxygen atoms in total. The molecule has 1 rings (SSSR count). The summed E-state index contributed by atoms with van der Waals surface area (Å²) in [6.07, 6.45) is 0.958. The average Bonchev–Trinajstić information content (AvgIpc) is 2.35. The third-order valence-electron chi connectivity index (χ3n) is 2.35. The number of ether oxygens (including phenoxy) is 2. The molecule has 0 atom stereocenters. The lowest BCUT2D eigenvalue weighted by atomic mass is 9.80. The summed E-state index contributed by atoms with van der Waals surface area (Å²) in [5, 5.41) is 17.8. The fourth-order valence-electron chi connectivity index (χ4n) is 1.39. The van der Waals surface area contributed by atoms with Gasteiger partial charge < -0.3 is 19.5 Å². The van der Waals surface area contributed by atoms with E-state index in [1.54, 1.807) is 0 Å². The first-order valence-electron chi connectivity index (χ1n) is 5.95. The highest BCUT2D eigenvalue weighted by Gasteiger charge is 2.13. The summed E-state index contributed by atoms with van der Waals surface area (Å²) in [4.78, 5) is 0. The zero-order valence-corrected chi connectivity index (χ0v) is 10.4. The summed E-state index contributed by atoms with van der Waals surface area (Å²) >= 11 is 0. The van der Waals surface area contributed by atoms with Crippen LogP contribution in [0.3, 0.4) is 0 Å². The summed E-state index contributed by atoms with van der Waals surface area (Å²) in [6.45, 7) is 3.75. The maximum Gasteiger partial charge on any atom is 0.488 e. The van der Waals surface area contributed by atoms with Crippen molar-refractivity contribution in [1.29, 1.82) is 0 Å². The molecule has 1 aromatic carbocycles. The minimum absolute atomic E-state index is 0.127. The van der Waals surface area contributed by atoms with Crippen LogP contribution < -0.4 is 5.46 Å². The van der Waals surface area contributed by atoms with Crippen LogP contribution in [-0.4, -0.2) is 37.0 Å². The van der Waals surface area contributed by atoms with E-state index < -0.39 is 12.9 Å². The minimum atomic E-state index is -1.66. The number of hydrogen-bond donors (Lipinski definition) is 2. The van der Waals surface area contributed by atoms with E-state index >= 15 is 0 Å². The van der Waals surface area contributed by atoms with E-state index in [1.807, 2.05) is 6.92 Å². The second kappa shape index (κ2) is 8.21. The molecule has 0 unspecified atom stereocenters. The van der Waals surface area contributed by atoms with E-state index in [0.29, 0.717) is 25.4 Å². The monoisotopic (exact) mass is 256 g/mol. The van der Waals surface area contributed by atoms with Crippen LogP contribution in [0, 0.1) is 5.82 Å². The topological polar surface area (TPSA) is 58.9 Å². The Labute approximate surface area is 106 Å². The van der Waals surface area contributed by atoms with E-state index in [2.05, 4.69) is 0 Å². The molecule has 0 aliphatic rings. The largest absolute Gasteiger partial charge is 0.488 e. The van der Waals surface area contributed by atoms with E-state index in [4.69, 9.17) is 19.5 Å². The van der Waals surface area contributed by atoms with Crippen LogP contribution in [0.25, 0.3) is 0 Å². The highest BCUT2D eigenvalue weighted by atomic mass is 19.1. The molecule has 2 N–H and O–H groups in total. The Morgan fingerprint density at radius 1 is 1.17 bits per heavy atom. The van der Waals surface area contributed by atoms with Crippen molar-refractivity contribution in [2.45, 2.75) is 20.0 Å². The Morgan fingerprint density at radius 2 is 1.89 bits per heavy atom. The maximum atomic E-state index is 13.5. The van der Waals surface area contributed by atoms with Gasteiger partial charge in [-0.05, 0) is 17.9 Å². The molecule has 0 heterocycles. The van der Waals surface area contributed by atoms with Gasteiger partial charge in [0, 0.05) is 12.2 Å². The van der Waals surface area contributed by atoms with Crippen LogP contribution in [0.4, 0.5) is 4.39 Å². The zero-order valence-electron chi connectivity index (χ0n) is 10.4. The fraction of sp³-hybridized carbons (Fsp3) is 0.500. The van der Waals surface area contributed by atoms with Crippen molar-refractivity contribution in [2.24, 2.45) is 0 Å². The first-order valence-corrected chi connectivity index (χ1v) is 5.95. The molecule has 0 aliphatic heterocycles. The SMILES string of the molecule is CCCOCCOCc1ccc(B(O)O)cc1F. The first kappa shape index (κ1) is 15.1. The van der Waals surface area contributed by atoms with E-state index in [9.17, 15) is 4.39 Å². The molecule has 0 saturated heterocycles. The van der Waals surface area contributed by atoms with Crippen LogP contribution in [0.15, 0.2) is 18.2 Å². The fourth-order valence-corrected chi connectivity index (χ4v) is 1.39. The number of rotatable bonds is 8. The van der Waals surface area contributed by atoms with E-state index in [0.717, 1.165) is 12.5 Å². The molecule has 0 fully saturated rings. The highest BCUT2D eigenvalue weighted by Crippen LogP contribution is 2.06. The molecule has 0 saturated carbocycles. The molecule has 0 bridgehead atoms. The second-order valence-corrected chi connectivity index (χ2v) is 3.89. The number of benzene rings is 1. The van der Waals surface area contributed by atoms with Crippen LogP contribution in [-0.2, 0) is 16.1 Å². The van der Waals surface area contributed by atoms with Gasteiger partial charge in [-0.3, -0.25) is 0 Å². The van der Waals surface area contributed by atoms with Crippen LogP contribution >= 0.6 is 0 Å². The molecule has 18 heavy (non-hydrogen) atoms. The van der Waals surface area contributed by atoms with Gasteiger partial charge in [0.2, 0.25) is 0 Å². The third kappa shape index (κ3) is 5.14. The van der Waals surface area contributed by atoms with Gasteiger partial charge in [0.25, 0.3) is 0 Å².